The molecular formula is C23H28N2O2. The van der Waals surface area contributed by atoms with Gasteiger partial charge < -0.3 is 10.4 Å². The number of carbonyl (C=O) groups excluding carboxylic acids is 1. The number of hydrogen-bond acceptors (Lipinski definition) is 3. The standard InChI is InChI=1S/C23H28N2O2/c26-22-13-7-6-12-20(22)25-23(27)21-15-17(14-16-8-2-1-3-9-16)18-10-4-5-11-19(18)24-21/h1-3,8-9,15,20,22,26H,4-7,10-14H2,(H,25,27)/t20-,22-/m0/s1. The summed E-state index contributed by atoms with van der Waals surface area (Å²) in [6.45, 7) is 0. The van der Waals surface area contributed by atoms with Crippen LogP contribution in [0, 0.1) is 0 Å². The van der Waals surface area contributed by atoms with Gasteiger partial charge in [-0.2, -0.15) is 0 Å². The molecule has 1 heterocycles. The molecule has 1 saturated carbocycles. The monoisotopic (exact) mass is 364 g/mol. The molecule has 1 amide bonds. The first-order valence-corrected chi connectivity index (χ1v) is 10.3. The van der Waals surface area contributed by atoms with Gasteiger partial charge in [0.05, 0.1) is 12.1 Å². The smallest absolute Gasteiger partial charge is 0.270 e. The molecule has 2 aliphatic carbocycles. The van der Waals surface area contributed by atoms with Gasteiger partial charge >= 0.3 is 0 Å². The van der Waals surface area contributed by atoms with Gasteiger partial charge in [0.1, 0.15) is 5.69 Å². The highest BCUT2D eigenvalue weighted by Gasteiger charge is 2.26. The predicted molar refractivity (Wildman–Crippen MR) is 106 cm³/mol. The largest absolute Gasteiger partial charge is 0.391 e. The zero-order chi connectivity index (χ0) is 18.6. The van der Waals surface area contributed by atoms with E-state index in [0.29, 0.717) is 5.69 Å². The van der Waals surface area contributed by atoms with E-state index in [0.717, 1.165) is 57.1 Å². The number of amides is 1. The molecule has 4 heteroatoms. The summed E-state index contributed by atoms with van der Waals surface area (Å²) in [7, 11) is 0. The van der Waals surface area contributed by atoms with Crippen molar-refractivity contribution in [2.75, 3.05) is 0 Å². The first-order valence-electron chi connectivity index (χ1n) is 10.3. The molecule has 27 heavy (non-hydrogen) atoms. The maximum Gasteiger partial charge on any atom is 0.270 e. The molecule has 0 bridgehead atoms. The van der Waals surface area contributed by atoms with Crippen molar-refractivity contribution in [1.29, 1.82) is 0 Å². The third-order valence-electron chi connectivity index (χ3n) is 5.91. The van der Waals surface area contributed by atoms with Crippen molar-refractivity contribution < 1.29 is 9.90 Å². The molecule has 2 atom stereocenters. The highest BCUT2D eigenvalue weighted by atomic mass is 16.3. The Bertz CT molecular complexity index is 804. The lowest BCUT2D eigenvalue weighted by Crippen LogP contribution is -2.45. The highest BCUT2D eigenvalue weighted by Crippen LogP contribution is 2.26. The summed E-state index contributed by atoms with van der Waals surface area (Å²) >= 11 is 0. The summed E-state index contributed by atoms with van der Waals surface area (Å²) in [6.07, 6.45) is 8.41. The summed E-state index contributed by atoms with van der Waals surface area (Å²) in [5, 5.41) is 13.2. The number of aryl methyl sites for hydroxylation is 1. The highest BCUT2D eigenvalue weighted by molar-refractivity contribution is 5.93. The second kappa shape index (κ2) is 8.22. The number of rotatable bonds is 4. The molecule has 0 spiro atoms. The van der Waals surface area contributed by atoms with Gasteiger partial charge in [0.25, 0.3) is 5.91 Å². The molecule has 4 rings (SSSR count). The summed E-state index contributed by atoms with van der Waals surface area (Å²) in [5.41, 5.74) is 5.40. The average Bonchev–Trinajstić information content (AvgIpc) is 2.70. The molecule has 2 aromatic rings. The molecule has 0 unspecified atom stereocenters. The molecule has 4 nitrogen and oxygen atoms in total. The summed E-state index contributed by atoms with van der Waals surface area (Å²) < 4.78 is 0. The summed E-state index contributed by atoms with van der Waals surface area (Å²) in [6, 6.07) is 12.2. The fourth-order valence-corrected chi connectivity index (χ4v) is 4.40. The minimum absolute atomic E-state index is 0.149. The van der Waals surface area contributed by atoms with Crippen molar-refractivity contribution in [2.24, 2.45) is 0 Å². The van der Waals surface area contributed by atoms with Crippen LogP contribution in [0.2, 0.25) is 0 Å². The van der Waals surface area contributed by atoms with Gasteiger partial charge in [0.15, 0.2) is 0 Å². The van der Waals surface area contributed by atoms with E-state index in [1.165, 1.54) is 23.1 Å². The van der Waals surface area contributed by atoms with Crippen LogP contribution in [0.4, 0.5) is 0 Å². The van der Waals surface area contributed by atoms with E-state index in [-0.39, 0.29) is 11.9 Å². The Hall–Kier alpha value is -2.20. The van der Waals surface area contributed by atoms with Gasteiger partial charge in [0.2, 0.25) is 0 Å². The number of hydrogen-bond donors (Lipinski definition) is 2. The Kier molecular flexibility index (Phi) is 5.53. The van der Waals surface area contributed by atoms with E-state index >= 15 is 0 Å². The van der Waals surface area contributed by atoms with E-state index in [9.17, 15) is 9.90 Å². The van der Waals surface area contributed by atoms with Crippen molar-refractivity contribution >= 4 is 5.91 Å². The number of nitrogens with one attached hydrogen (secondary N) is 1. The Morgan fingerprint density at radius 3 is 2.67 bits per heavy atom. The molecule has 2 aliphatic rings. The van der Waals surface area contributed by atoms with Crippen molar-refractivity contribution in [1.82, 2.24) is 10.3 Å². The van der Waals surface area contributed by atoms with Crippen LogP contribution in [-0.4, -0.2) is 28.1 Å². The number of aliphatic hydroxyl groups excluding tert-OH is 1. The quantitative estimate of drug-likeness (QED) is 0.872. The Balaban J connectivity index is 1.60. The van der Waals surface area contributed by atoms with Crippen molar-refractivity contribution in [3.05, 3.63) is 64.5 Å². The van der Waals surface area contributed by atoms with E-state index in [1.807, 2.05) is 12.1 Å². The average molecular weight is 364 g/mol. The molecule has 1 fully saturated rings. The third-order valence-corrected chi connectivity index (χ3v) is 5.91. The number of pyridine rings is 1. The first-order chi connectivity index (χ1) is 13.2. The number of aromatic nitrogens is 1. The number of aliphatic hydroxyl groups is 1. The first kappa shape index (κ1) is 18.2. The van der Waals surface area contributed by atoms with Gasteiger partial charge in [-0.1, -0.05) is 43.2 Å². The third kappa shape index (κ3) is 4.22. The number of fused-ring (bicyclic) bond motifs is 1. The molecule has 0 radical (unpaired) electrons. The summed E-state index contributed by atoms with van der Waals surface area (Å²) in [4.78, 5) is 17.6. The number of carbonyl (C=O) groups is 1. The minimum atomic E-state index is -0.441. The normalized spacial score (nSPS) is 22.1. The van der Waals surface area contributed by atoms with Crippen LogP contribution in [0.25, 0.3) is 0 Å². The van der Waals surface area contributed by atoms with E-state index in [4.69, 9.17) is 4.98 Å². The second-order valence-corrected chi connectivity index (χ2v) is 7.89. The van der Waals surface area contributed by atoms with Crippen LogP contribution in [0.3, 0.4) is 0 Å². The topological polar surface area (TPSA) is 62.2 Å². The van der Waals surface area contributed by atoms with Crippen LogP contribution in [0.1, 0.15) is 71.4 Å². The molecule has 1 aromatic heterocycles. The van der Waals surface area contributed by atoms with Gasteiger partial charge in [-0.05, 0) is 67.7 Å². The zero-order valence-corrected chi connectivity index (χ0v) is 15.8. The van der Waals surface area contributed by atoms with Gasteiger partial charge in [-0.15, -0.1) is 0 Å². The van der Waals surface area contributed by atoms with Crippen LogP contribution in [0.5, 0.6) is 0 Å². The van der Waals surface area contributed by atoms with Gasteiger partial charge in [-0.25, -0.2) is 4.98 Å². The maximum absolute atomic E-state index is 12.9. The molecule has 142 valence electrons. The predicted octanol–water partition coefficient (Wildman–Crippen LogP) is 3.58. The van der Waals surface area contributed by atoms with E-state index in [2.05, 4.69) is 29.6 Å². The SMILES string of the molecule is O=C(N[C@H]1CCCC[C@@H]1O)c1cc(Cc2ccccc2)c2c(n1)CCCC2. The lowest BCUT2D eigenvalue weighted by atomic mass is 9.89. The van der Waals surface area contributed by atoms with Crippen molar-refractivity contribution in [3.63, 3.8) is 0 Å². The van der Waals surface area contributed by atoms with Crippen LogP contribution in [-0.2, 0) is 19.3 Å². The van der Waals surface area contributed by atoms with Crippen molar-refractivity contribution in [3.8, 4) is 0 Å². The lowest BCUT2D eigenvalue weighted by Gasteiger charge is -2.28. The summed E-state index contributed by atoms with van der Waals surface area (Å²) in [5.74, 6) is -0.149. The maximum atomic E-state index is 12.9. The zero-order valence-electron chi connectivity index (χ0n) is 15.8. The van der Waals surface area contributed by atoms with Gasteiger partial charge in [-0.3, -0.25) is 4.79 Å². The second-order valence-electron chi connectivity index (χ2n) is 7.89. The molecule has 1 aromatic carbocycles. The fraction of sp³-hybridized carbons (Fsp3) is 0.478. The molecule has 2 N–H and O–H groups in total. The van der Waals surface area contributed by atoms with E-state index < -0.39 is 6.10 Å². The molecular weight excluding hydrogens is 336 g/mol. The van der Waals surface area contributed by atoms with E-state index in [1.54, 1.807) is 0 Å². The Morgan fingerprint density at radius 2 is 1.85 bits per heavy atom. The molecule has 0 aliphatic heterocycles. The Morgan fingerprint density at radius 1 is 1.07 bits per heavy atom. The Labute approximate surface area is 161 Å². The molecule has 0 saturated heterocycles. The van der Waals surface area contributed by atoms with Gasteiger partial charge in [0, 0.05) is 5.69 Å². The minimum Gasteiger partial charge on any atom is -0.391 e. The van der Waals surface area contributed by atoms with Crippen molar-refractivity contribution in [2.45, 2.75) is 69.9 Å². The fourth-order valence-electron chi connectivity index (χ4n) is 4.40. The van der Waals surface area contributed by atoms with Crippen LogP contribution < -0.4 is 5.32 Å². The van der Waals surface area contributed by atoms with Crippen LogP contribution in [0.15, 0.2) is 36.4 Å². The lowest BCUT2D eigenvalue weighted by molar-refractivity contribution is 0.0713. The number of benzene rings is 1. The number of nitrogens with zero attached hydrogens (tertiary/aromatic N) is 1. The van der Waals surface area contributed by atoms with Crippen LogP contribution >= 0.6 is 0 Å².